The summed E-state index contributed by atoms with van der Waals surface area (Å²) in [5, 5.41) is 4.32. The number of hydrogen-bond acceptors (Lipinski definition) is 6. The van der Waals surface area contributed by atoms with E-state index in [0.29, 0.717) is 29.5 Å². The fraction of sp³-hybridized carbons (Fsp3) is 0.500. The van der Waals surface area contributed by atoms with Crippen LogP contribution in [-0.2, 0) is 15.6 Å². The van der Waals surface area contributed by atoms with Gasteiger partial charge in [-0.3, -0.25) is 0 Å². The fourth-order valence-electron chi connectivity index (χ4n) is 3.22. The van der Waals surface area contributed by atoms with Crippen molar-refractivity contribution in [3.8, 4) is 11.5 Å². The number of nitrogens with two attached hydrogens (primary N) is 1. The molecule has 1 aromatic carbocycles. The molecule has 0 radical (unpaired) electrons. The minimum atomic E-state index is -3.54. The van der Waals surface area contributed by atoms with E-state index in [4.69, 9.17) is 21.9 Å². The summed E-state index contributed by atoms with van der Waals surface area (Å²) < 4.78 is 32.3. The van der Waals surface area contributed by atoms with Crippen molar-refractivity contribution in [1.29, 1.82) is 0 Å². The predicted octanol–water partition coefficient (Wildman–Crippen LogP) is 2.93. The van der Waals surface area contributed by atoms with Gasteiger partial charge in [-0.25, -0.2) is 8.42 Å². The van der Waals surface area contributed by atoms with Crippen LogP contribution >= 0.6 is 24.0 Å². The largest absolute Gasteiger partial charge is 0.334 e. The van der Waals surface area contributed by atoms with E-state index in [1.807, 2.05) is 0 Å². The van der Waals surface area contributed by atoms with Crippen LogP contribution in [-0.4, -0.2) is 36.0 Å². The molecule has 0 unspecified atom stereocenters. The van der Waals surface area contributed by atoms with Crippen molar-refractivity contribution in [2.24, 2.45) is 5.73 Å². The maximum atomic E-state index is 12.7. The number of nitrogens with zero attached hydrogens (tertiary/aromatic N) is 3. The third-order valence-electron chi connectivity index (χ3n) is 4.99. The second-order valence-electron chi connectivity index (χ2n) is 6.69. The van der Waals surface area contributed by atoms with Crippen molar-refractivity contribution in [1.82, 2.24) is 14.4 Å². The van der Waals surface area contributed by atoms with Crippen LogP contribution in [0.1, 0.15) is 37.9 Å². The van der Waals surface area contributed by atoms with Gasteiger partial charge in [0.25, 0.3) is 5.89 Å². The van der Waals surface area contributed by atoms with Crippen LogP contribution in [0, 0.1) is 0 Å². The Hall–Kier alpha value is -1.19. The molecule has 142 valence electrons. The van der Waals surface area contributed by atoms with Gasteiger partial charge in [0.05, 0.1) is 21.0 Å². The first-order chi connectivity index (χ1) is 11.9. The van der Waals surface area contributed by atoms with Gasteiger partial charge >= 0.3 is 0 Å². The SMILES string of the molecule is Cl.NC1(c2noc(-c3cc(S(=O)(=O)N4CCCC4)ccc3Cl)n2)CCC1. The van der Waals surface area contributed by atoms with E-state index in [2.05, 4.69) is 10.1 Å². The minimum Gasteiger partial charge on any atom is -0.334 e. The minimum absolute atomic E-state index is 0. The molecule has 0 spiro atoms. The molecule has 1 saturated heterocycles. The normalized spacial score (nSPS) is 19.8. The van der Waals surface area contributed by atoms with E-state index >= 15 is 0 Å². The van der Waals surface area contributed by atoms with Crippen LogP contribution < -0.4 is 5.73 Å². The van der Waals surface area contributed by atoms with Gasteiger partial charge in [-0.1, -0.05) is 16.8 Å². The zero-order valence-electron chi connectivity index (χ0n) is 14.0. The second kappa shape index (κ2) is 7.09. The highest BCUT2D eigenvalue weighted by Gasteiger charge is 2.39. The predicted molar refractivity (Wildman–Crippen MR) is 99.7 cm³/mol. The van der Waals surface area contributed by atoms with Gasteiger partial charge in [-0.15, -0.1) is 12.4 Å². The van der Waals surface area contributed by atoms with Crippen LogP contribution in [0.2, 0.25) is 5.02 Å². The Morgan fingerprint density at radius 3 is 2.50 bits per heavy atom. The van der Waals surface area contributed by atoms with Gasteiger partial charge in [-0.2, -0.15) is 9.29 Å². The molecule has 0 bridgehead atoms. The number of benzene rings is 1. The molecule has 1 aromatic heterocycles. The average molecular weight is 419 g/mol. The monoisotopic (exact) mass is 418 g/mol. The zero-order chi connectivity index (χ0) is 17.7. The summed E-state index contributed by atoms with van der Waals surface area (Å²) in [6.07, 6.45) is 4.41. The van der Waals surface area contributed by atoms with Gasteiger partial charge in [0.1, 0.15) is 0 Å². The van der Waals surface area contributed by atoms with Gasteiger partial charge in [0.15, 0.2) is 5.82 Å². The molecule has 1 aliphatic heterocycles. The van der Waals surface area contributed by atoms with Crippen LogP contribution in [0.5, 0.6) is 0 Å². The number of halogens is 2. The summed E-state index contributed by atoms with van der Waals surface area (Å²) >= 11 is 6.24. The van der Waals surface area contributed by atoms with Crippen molar-refractivity contribution in [2.75, 3.05) is 13.1 Å². The molecule has 0 atom stereocenters. The van der Waals surface area contributed by atoms with Crippen molar-refractivity contribution in [3.63, 3.8) is 0 Å². The topological polar surface area (TPSA) is 102 Å². The Kier molecular flexibility index (Phi) is 5.33. The van der Waals surface area contributed by atoms with Crippen molar-refractivity contribution >= 4 is 34.0 Å². The Balaban J connectivity index is 0.00000196. The van der Waals surface area contributed by atoms with Crippen molar-refractivity contribution < 1.29 is 12.9 Å². The zero-order valence-corrected chi connectivity index (χ0v) is 16.4. The lowest BCUT2D eigenvalue weighted by molar-refractivity contribution is 0.229. The first kappa shape index (κ1) is 19.6. The van der Waals surface area contributed by atoms with Gasteiger partial charge in [0.2, 0.25) is 10.0 Å². The third kappa shape index (κ3) is 3.25. The number of aromatic nitrogens is 2. The first-order valence-corrected chi connectivity index (χ1v) is 10.2. The van der Waals surface area contributed by atoms with E-state index in [9.17, 15) is 8.42 Å². The van der Waals surface area contributed by atoms with Crippen molar-refractivity contribution in [2.45, 2.75) is 42.5 Å². The Morgan fingerprint density at radius 1 is 1.19 bits per heavy atom. The van der Waals surface area contributed by atoms with Crippen LogP contribution in [0.15, 0.2) is 27.6 Å². The summed E-state index contributed by atoms with van der Waals surface area (Å²) in [7, 11) is -3.54. The van der Waals surface area contributed by atoms with Gasteiger partial charge in [-0.05, 0) is 50.3 Å². The van der Waals surface area contributed by atoms with E-state index in [-0.39, 0.29) is 23.2 Å². The summed E-state index contributed by atoms with van der Waals surface area (Å²) in [6.45, 7) is 1.08. The van der Waals surface area contributed by atoms with E-state index in [0.717, 1.165) is 32.1 Å². The molecule has 2 aliphatic rings. The van der Waals surface area contributed by atoms with Crippen LogP contribution in [0.3, 0.4) is 0 Å². The van der Waals surface area contributed by atoms with Gasteiger partial charge in [0, 0.05) is 13.1 Å². The maximum Gasteiger partial charge on any atom is 0.259 e. The lowest BCUT2D eigenvalue weighted by Gasteiger charge is -2.34. The number of sulfonamides is 1. The quantitative estimate of drug-likeness (QED) is 0.818. The molecule has 26 heavy (non-hydrogen) atoms. The molecule has 0 amide bonds. The summed E-state index contributed by atoms with van der Waals surface area (Å²) in [4.78, 5) is 4.54. The molecule has 1 saturated carbocycles. The highest BCUT2D eigenvalue weighted by atomic mass is 35.5. The van der Waals surface area contributed by atoms with E-state index in [1.54, 1.807) is 6.07 Å². The van der Waals surface area contributed by atoms with E-state index in [1.165, 1.54) is 16.4 Å². The Bertz CT molecular complexity index is 906. The molecule has 1 aliphatic carbocycles. The molecule has 4 rings (SSSR count). The fourth-order valence-corrected chi connectivity index (χ4v) is 4.96. The smallest absolute Gasteiger partial charge is 0.259 e. The highest BCUT2D eigenvalue weighted by molar-refractivity contribution is 7.89. The van der Waals surface area contributed by atoms with Crippen LogP contribution in [0.25, 0.3) is 11.5 Å². The molecule has 2 N–H and O–H groups in total. The second-order valence-corrected chi connectivity index (χ2v) is 9.03. The molecular formula is C16H20Cl2N4O3S. The molecule has 2 heterocycles. The van der Waals surface area contributed by atoms with Crippen LogP contribution in [0.4, 0.5) is 0 Å². The molecule has 2 fully saturated rings. The van der Waals surface area contributed by atoms with E-state index < -0.39 is 15.6 Å². The maximum absolute atomic E-state index is 12.7. The average Bonchev–Trinajstić information content (AvgIpc) is 3.25. The molecular weight excluding hydrogens is 399 g/mol. The number of rotatable bonds is 4. The summed E-state index contributed by atoms with van der Waals surface area (Å²) in [5.74, 6) is 0.632. The van der Waals surface area contributed by atoms with Gasteiger partial charge < -0.3 is 10.3 Å². The lowest BCUT2D eigenvalue weighted by Crippen LogP contribution is -2.44. The third-order valence-corrected chi connectivity index (χ3v) is 7.21. The Labute approximate surface area is 163 Å². The summed E-state index contributed by atoms with van der Waals surface area (Å²) in [6, 6.07) is 4.55. The Morgan fingerprint density at radius 2 is 1.88 bits per heavy atom. The standard InChI is InChI=1S/C16H19ClN4O3S.ClH/c17-13-5-4-11(25(22,23)21-8-1-2-9-21)10-12(13)14-19-15(20-24-14)16(18)6-3-7-16;/h4-5,10H,1-3,6-9,18H2;1H. The number of hydrogen-bond donors (Lipinski definition) is 1. The highest BCUT2D eigenvalue weighted by Crippen LogP contribution is 2.38. The van der Waals surface area contributed by atoms with Crippen molar-refractivity contribution in [3.05, 3.63) is 29.0 Å². The first-order valence-electron chi connectivity index (χ1n) is 8.33. The molecule has 7 nitrogen and oxygen atoms in total. The molecule has 10 heteroatoms. The molecule has 2 aromatic rings. The lowest BCUT2D eigenvalue weighted by atomic mass is 9.77. The summed E-state index contributed by atoms with van der Waals surface area (Å²) in [5.41, 5.74) is 6.07.